The number of rotatable bonds is 6. The Balaban J connectivity index is 1.25. The summed E-state index contributed by atoms with van der Waals surface area (Å²) in [6, 6.07) is 35.2. The minimum atomic E-state index is -1.48. The van der Waals surface area contributed by atoms with E-state index in [4.69, 9.17) is 0 Å². The molecule has 2 aliphatic carbocycles. The molecule has 6 atom stereocenters. The topological polar surface area (TPSA) is 107 Å². The van der Waals surface area contributed by atoms with Crippen LogP contribution in [0.4, 0.5) is 11.4 Å². The van der Waals surface area contributed by atoms with Gasteiger partial charge in [0.05, 0.1) is 34.5 Å². The van der Waals surface area contributed by atoms with E-state index in [1.54, 1.807) is 18.2 Å². The Kier molecular flexibility index (Phi) is 7.48. The zero-order chi connectivity index (χ0) is 36.6. The zero-order valence-corrected chi connectivity index (χ0v) is 29.1. The van der Waals surface area contributed by atoms with Gasteiger partial charge in [-0.2, -0.15) is 5.01 Å². The Morgan fingerprint density at radius 2 is 1.51 bits per heavy atom. The molecule has 0 spiro atoms. The number of hydrazine groups is 1. The third-order valence-electron chi connectivity index (χ3n) is 12.0. The average Bonchev–Trinajstić information content (AvgIpc) is 3.57. The van der Waals surface area contributed by atoms with E-state index in [2.05, 4.69) is 12.0 Å². The van der Waals surface area contributed by atoms with Crippen LogP contribution in [0.1, 0.15) is 41.0 Å². The Morgan fingerprint density at radius 1 is 0.792 bits per heavy atom. The second-order valence-corrected chi connectivity index (χ2v) is 14.6. The number of fused-ring (bicyclic) bond motifs is 5. The summed E-state index contributed by atoms with van der Waals surface area (Å²) in [6.45, 7) is 5.78. The molecule has 262 valence electrons. The van der Waals surface area contributed by atoms with Gasteiger partial charge in [-0.15, -0.1) is 0 Å². The van der Waals surface area contributed by atoms with Crippen LogP contribution in [0.25, 0.3) is 16.8 Å². The van der Waals surface area contributed by atoms with Gasteiger partial charge in [-0.05, 0) is 66.5 Å². The fraction of sp³-hybridized carbons (Fsp3) is 0.200. The van der Waals surface area contributed by atoms with E-state index in [0.717, 1.165) is 27.1 Å². The van der Waals surface area contributed by atoms with E-state index < -0.39 is 46.8 Å². The molecule has 0 bridgehead atoms. The zero-order valence-electron chi connectivity index (χ0n) is 29.1. The van der Waals surface area contributed by atoms with Gasteiger partial charge in [0, 0.05) is 16.9 Å². The average molecular weight is 700 g/mol. The van der Waals surface area contributed by atoms with Crippen molar-refractivity contribution >= 4 is 51.9 Å². The molecule has 1 saturated carbocycles. The first kappa shape index (κ1) is 32.6. The Labute approximate surface area is 307 Å². The highest BCUT2D eigenvalue weighted by Crippen LogP contribution is 2.65. The predicted molar refractivity (Wildman–Crippen MR) is 203 cm³/mol. The molecule has 5 aromatic carbocycles. The molecule has 53 heavy (non-hydrogen) atoms. The third-order valence-corrected chi connectivity index (χ3v) is 12.0. The van der Waals surface area contributed by atoms with Crippen LogP contribution in [0, 0.1) is 30.6 Å². The number of carbonyl (C=O) groups excluding carboxylic acids is 4. The molecule has 8 heteroatoms. The number of phenols is 1. The van der Waals surface area contributed by atoms with Gasteiger partial charge in [0.1, 0.15) is 5.75 Å². The van der Waals surface area contributed by atoms with Gasteiger partial charge in [-0.3, -0.25) is 29.5 Å². The summed E-state index contributed by atoms with van der Waals surface area (Å²) in [5.74, 6) is -5.09. The predicted octanol–water partition coefficient (Wildman–Crippen LogP) is 7.69. The molecular formula is C45H37N3O5. The van der Waals surface area contributed by atoms with Crippen molar-refractivity contribution in [2.45, 2.75) is 31.1 Å². The van der Waals surface area contributed by atoms with Gasteiger partial charge in [0.2, 0.25) is 11.8 Å². The van der Waals surface area contributed by atoms with E-state index in [9.17, 15) is 19.5 Å². The fourth-order valence-electron chi connectivity index (χ4n) is 9.61. The number of anilines is 2. The molecule has 8 nitrogen and oxygen atoms in total. The van der Waals surface area contributed by atoms with Crippen LogP contribution in [0.2, 0.25) is 0 Å². The number of amides is 4. The standard InChI is InChI=1S/C45H37N3O5/c1-3-27-15-20-31(21-16-27)47-41(50)34-24-23-33-36(38(34)43(47)52)25-37-42(51)48(46-30-18-13-26(2)14-19-30)44(53)45(37,29-10-5-4-6-11-29)39(33)35-22-17-28-9-7-8-12-32(28)40(35)49/h3-23,34,36-39,46,49H,1,24-25H2,2H3/t34-,36+,37-,38-,39+,45+/m0/s1. The van der Waals surface area contributed by atoms with E-state index in [1.165, 1.54) is 4.90 Å². The van der Waals surface area contributed by atoms with Crippen molar-refractivity contribution in [1.82, 2.24) is 5.01 Å². The molecule has 9 rings (SSSR count). The lowest BCUT2D eigenvalue weighted by atomic mass is 9.49. The van der Waals surface area contributed by atoms with E-state index in [0.29, 0.717) is 27.9 Å². The number of imide groups is 2. The van der Waals surface area contributed by atoms with Crippen LogP contribution < -0.4 is 10.3 Å². The van der Waals surface area contributed by atoms with Gasteiger partial charge in [-0.1, -0.05) is 121 Å². The van der Waals surface area contributed by atoms with Crippen molar-refractivity contribution in [2.24, 2.45) is 23.7 Å². The molecule has 2 N–H and O–H groups in total. The summed E-state index contributed by atoms with van der Waals surface area (Å²) in [4.78, 5) is 60.3. The summed E-state index contributed by atoms with van der Waals surface area (Å²) in [6.07, 6.45) is 4.17. The Morgan fingerprint density at radius 3 is 2.25 bits per heavy atom. The monoisotopic (exact) mass is 699 g/mol. The van der Waals surface area contributed by atoms with Crippen LogP contribution in [0.3, 0.4) is 0 Å². The number of nitrogens with one attached hydrogen (secondary N) is 1. The van der Waals surface area contributed by atoms with Crippen LogP contribution in [-0.4, -0.2) is 33.7 Å². The molecule has 0 aromatic heterocycles. The van der Waals surface area contributed by atoms with Crippen molar-refractivity contribution in [3.05, 3.63) is 156 Å². The summed E-state index contributed by atoms with van der Waals surface area (Å²) in [5.41, 5.74) is 6.56. The molecule has 0 radical (unpaired) electrons. The first-order valence-electron chi connectivity index (χ1n) is 18.0. The molecule has 4 aliphatic rings. The number of hydrogen-bond acceptors (Lipinski definition) is 6. The number of nitrogens with zero attached hydrogens (tertiary/aromatic N) is 2. The second-order valence-electron chi connectivity index (χ2n) is 14.6. The third kappa shape index (κ3) is 4.68. The summed E-state index contributed by atoms with van der Waals surface area (Å²) in [5, 5.41) is 14.8. The van der Waals surface area contributed by atoms with Crippen molar-refractivity contribution in [3.63, 3.8) is 0 Å². The molecule has 0 unspecified atom stereocenters. The largest absolute Gasteiger partial charge is 0.507 e. The maximum Gasteiger partial charge on any atom is 0.260 e. The van der Waals surface area contributed by atoms with Gasteiger partial charge >= 0.3 is 0 Å². The molecule has 5 aromatic rings. The van der Waals surface area contributed by atoms with E-state index >= 15 is 4.79 Å². The summed E-state index contributed by atoms with van der Waals surface area (Å²) >= 11 is 0. The number of carbonyl (C=O) groups is 4. The Hall–Kier alpha value is -6.28. The molecule has 2 aliphatic heterocycles. The molecule has 2 heterocycles. The first-order chi connectivity index (χ1) is 25.7. The lowest BCUT2D eigenvalue weighted by Gasteiger charge is -2.50. The van der Waals surface area contributed by atoms with Crippen molar-refractivity contribution in [1.29, 1.82) is 0 Å². The maximum atomic E-state index is 15.4. The van der Waals surface area contributed by atoms with Crippen LogP contribution in [0.5, 0.6) is 5.75 Å². The number of benzene rings is 5. The Bertz CT molecular complexity index is 2390. The molecule has 4 amide bonds. The highest BCUT2D eigenvalue weighted by Gasteiger charge is 2.70. The number of aryl methyl sites for hydroxylation is 1. The quantitative estimate of drug-likeness (QED) is 0.139. The van der Waals surface area contributed by atoms with Crippen LogP contribution in [0.15, 0.2) is 133 Å². The lowest BCUT2D eigenvalue weighted by molar-refractivity contribution is -0.138. The minimum Gasteiger partial charge on any atom is -0.507 e. The minimum absolute atomic E-state index is 0.0220. The normalized spacial score (nSPS) is 26.3. The number of phenolic OH excluding ortho intramolecular Hbond substituents is 1. The number of allylic oxidation sites excluding steroid dienone is 2. The van der Waals surface area contributed by atoms with Crippen LogP contribution in [-0.2, 0) is 24.6 Å². The smallest absolute Gasteiger partial charge is 0.260 e. The van der Waals surface area contributed by atoms with E-state index in [1.807, 2.05) is 116 Å². The molecule has 2 saturated heterocycles. The lowest BCUT2D eigenvalue weighted by Crippen LogP contribution is -2.53. The summed E-state index contributed by atoms with van der Waals surface area (Å²) in [7, 11) is 0. The molecule has 3 fully saturated rings. The highest BCUT2D eigenvalue weighted by molar-refractivity contribution is 6.22. The van der Waals surface area contributed by atoms with Crippen LogP contribution >= 0.6 is 0 Å². The van der Waals surface area contributed by atoms with Gasteiger partial charge in [-0.25, -0.2) is 0 Å². The first-order valence-corrected chi connectivity index (χ1v) is 18.0. The van der Waals surface area contributed by atoms with E-state index in [-0.39, 0.29) is 30.4 Å². The van der Waals surface area contributed by atoms with Gasteiger partial charge in [0.25, 0.3) is 11.8 Å². The highest BCUT2D eigenvalue weighted by atomic mass is 16.3. The van der Waals surface area contributed by atoms with Crippen molar-refractivity contribution in [3.8, 4) is 5.75 Å². The number of hydrogen-bond donors (Lipinski definition) is 2. The number of aromatic hydroxyl groups is 1. The SMILES string of the molecule is C=Cc1ccc(N2C(=O)[C@H]3[C@H](CC=C4[C@H]3C[C@H]3C(=O)N(Nc5ccc(C)cc5)C(=O)[C@@]3(c3ccccc3)[C@H]4c3ccc4ccccc4c3O)C2=O)cc1. The van der Waals surface area contributed by atoms with Gasteiger partial charge in [0.15, 0.2) is 0 Å². The second kappa shape index (κ2) is 12.2. The summed E-state index contributed by atoms with van der Waals surface area (Å²) < 4.78 is 0. The maximum absolute atomic E-state index is 15.4. The van der Waals surface area contributed by atoms with Gasteiger partial charge < -0.3 is 5.11 Å². The fourth-order valence-corrected chi connectivity index (χ4v) is 9.61. The molecular weight excluding hydrogens is 663 g/mol. The van der Waals surface area contributed by atoms with Crippen molar-refractivity contribution in [2.75, 3.05) is 10.3 Å². The van der Waals surface area contributed by atoms with Crippen molar-refractivity contribution < 1.29 is 24.3 Å².